The molecule has 0 aliphatic carbocycles. The number of carbonyl (C=O) groups is 2. The average molecular weight is 336 g/mol. The van der Waals surface area contributed by atoms with Crippen LogP contribution in [-0.2, 0) is 6.42 Å². The lowest BCUT2D eigenvalue weighted by Gasteiger charge is -2.29. The standard InChI is InChI=1S/C21H24N2O2/c1-15(2)14-22-20(24)17-8-5-9-18(13-17)21(25)23-12-6-10-16-7-3-4-11-19(16)23/h3-5,7-9,11,13,15H,6,10,12,14H2,1-2H3,(H,22,24). The van der Waals surface area contributed by atoms with E-state index in [2.05, 4.69) is 11.4 Å². The van der Waals surface area contributed by atoms with Crippen LogP contribution >= 0.6 is 0 Å². The highest BCUT2D eigenvalue weighted by atomic mass is 16.2. The molecule has 0 spiro atoms. The van der Waals surface area contributed by atoms with Gasteiger partial charge in [-0.25, -0.2) is 0 Å². The Labute approximate surface area is 148 Å². The molecule has 0 aromatic heterocycles. The number of para-hydroxylation sites is 1. The van der Waals surface area contributed by atoms with Gasteiger partial charge in [-0.05, 0) is 48.6 Å². The van der Waals surface area contributed by atoms with Crippen molar-refractivity contribution in [1.82, 2.24) is 5.32 Å². The number of rotatable bonds is 4. The lowest BCUT2D eigenvalue weighted by Crippen LogP contribution is -2.35. The maximum Gasteiger partial charge on any atom is 0.258 e. The number of benzene rings is 2. The zero-order valence-electron chi connectivity index (χ0n) is 14.8. The van der Waals surface area contributed by atoms with Crippen LogP contribution in [0.5, 0.6) is 0 Å². The van der Waals surface area contributed by atoms with Crippen LogP contribution in [0.3, 0.4) is 0 Å². The van der Waals surface area contributed by atoms with Crippen molar-refractivity contribution in [2.75, 3.05) is 18.0 Å². The zero-order valence-corrected chi connectivity index (χ0v) is 14.8. The minimum absolute atomic E-state index is 0.0503. The van der Waals surface area contributed by atoms with Crippen LogP contribution in [0, 0.1) is 5.92 Å². The van der Waals surface area contributed by atoms with E-state index in [1.165, 1.54) is 5.56 Å². The number of amides is 2. The van der Waals surface area contributed by atoms with E-state index in [0.29, 0.717) is 30.1 Å². The summed E-state index contributed by atoms with van der Waals surface area (Å²) in [6.45, 7) is 5.43. The van der Waals surface area contributed by atoms with Gasteiger partial charge in [0.05, 0.1) is 0 Å². The van der Waals surface area contributed by atoms with Crippen LogP contribution in [0.15, 0.2) is 48.5 Å². The highest BCUT2D eigenvalue weighted by molar-refractivity contribution is 6.08. The molecule has 4 nitrogen and oxygen atoms in total. The second-order valence-electron chi connectivity index (χ2n) is 6.87. The molecule has 1 aliphatic rings. The molecular weight excluding hydrogens is 312 g/mol. The highest BCUT2D eigenvalue weighted by Crippen LogP contribution is 2.28. The summed E-state index contributed by atoms with van der Waals surface area (Å²) in [7, 11) is 0. The van der Waals surface area contributed by atoms with Gasteiger partial charge in [-0.3, -0.25) is 9.59 Å². The van der Waals surface area contributed by atoms with Crippen molar-refractivity contribution >= 4 is 17.5 Å². The molecule has 25 heavy (non-hydrogen) atoms. The fraction of sp³-hybridized carbons (Fsp3) is 0.333. The molecule has 0 unspecified atom stereocenters. The van der Waals surface area contributed by atoms with Crippen LogP contribution in [-0.4, -0.2) is 24.9 Å². The summed E-state index contributed by atoms with van der Waals surface area (Å²) in [5.74, 6) is 0.201. The molecule has 2 amide bonds. The second kappa shape index (κ2) is 7.51. The molecule has 0 saturated heterocycles. The van der Waals surface area contributed by atoms with Crippen molar-refractivity contribution in [1.29, 1.82) is 0 Å². The van der Waals surface area contributed by atoms with Gasteiger partial charge >= 0.3 is 0 Å². The van der Waals surface area contributed by atoms with Crippen molar-refractivity contribution in [2.24, 2.45) is 5.92 Å². The monoisotopic (exact) mass is 336 g/mol. The maximum atomic E-state index is 13.0. The van der Waals surface area contributed by atoms with Gasteiger partial charge in [-0.2, -0.15) is 0 Å². The Bertz CT molecular complexity index is 783. The Morgan fingerprint density at radius 3 is 2.64 bits per heavy atom. The smallest absolute Gasteiger partial charge is 0.258 e. The minimum atomic E-state index is -0.137. The summed E-state index contributed by atoms with van der Waals surface area (Å²) in [5.41, 5.74) is 3.26. The molecular formula is C21H24N2O2. The number of hydrogen-bond donors (Lipinski definition) is 1. The molecule has 130 valence electrons. The van der Waals surface area contributed by atoms with E-state index in [4.69, 9.17) is 0 Å². The zero-order chi connectivity index (χ0) is 17.8. The number of hydrogen-bond acceptors (Lipinski definition) is 2. The summed E-state index contributed by atoms with van der Waals surface area (Å²) >= 11 is 0. The van der Waals surface area contributed by atoms with Crippen LogP contribution in [0.25, 0.3) is 0 Å². The van der Waals surface area contributed by atoms with Crippen molar-refractivity contribution in [3.8, 4) is 0 Å². The van der Waals surface area contributed by atoms with Gasteiger partial charge in [0.2, 0.25) is 0 Å². The van der Waals surface area contributed by atoms with Crippen molar-refractivity contribution in [2.45, 2.75) is 26.7 Å². The number of nitrogens with one attached hydrogen (secondary N) is 1. The average Bonchev–Trinajstić information content (AvgIpc) is 2.65. The Morgan fingerprint density at radius 1 is 1.08 bits per heavy atom. The van der Waals surface area contributed by atoms with Gasteiger partial charge in [0, 0.05) is 29.9 Å². The topological polar surface area (TPSA) is 49.4 Å². The fourth-order valence-corrected chi connectivity index (χ4v) is 3.09. The van der Waals surface area contributed by atoms with E-state index in [1.807, 2.05) is 36.9 Å². The fourth-order valence-electron chi connectivity index (χ4n) is 3.09. The predicted molar refractivity (Wildman–Crippen MR) is 100 cm³/mol. The third kappa shape index (κ3) is 3.90. The first-order valence-corrected chi connectivity index (χ1v) is 8.84. The van der Waals surface area contributed by atoms with Gasteiger partial charge in [0.15, 0.2) is 0 Å². The number of anilines is 1. The van der Waals surface area contributed by atoms with E-state index in [-0.39, 0.29) is 11.8 Å². The first-order valence-electron chi connectivity index (χ1n) is 8.84. The molecule has 2 aromatic rings. The van der Waals surface area contributed by atoms with Crippen LogP contribution < -0.4 is 10.2 Å². The number of fused-ring (bicyclic) bond motifs is 1. The molecule has 1 N–H and O–H groups in total. The van der Waals surface area contributed by atoms with Crippen LogP contribution in [0.2, 0.25) is 0 Å². The van der Waals surface area contributed by atoms with Gasteiger partial charge in [-0.1, -0.05) is 38.1 Å². The predicted octanol–water partition coefficient (Wildman–Crippen LogP) is 3.67. The summed E-state index contributed by atoms with van der Waals surface area (Å²) in [6.07, 6.45) is 1.95. The Balaban J connectivity index is 1.82. The molecule has 0 fully saturated rings. The lowest BCUT2D eigenvalue weighted by molar-refractivity contribution is 0.0949. The summed E-state index contributed by atoms with van der Waals surface area (Å²) in [6, 6.07) is 15.0. The first-order chi connectivity index (χ1) is 12.1. The summed E-state index contributed by atoms with van der Waals surface area (Å²) in [5, 5.41) is 2.90. The van der Waals surface area contributed by atoms with Crippen molar-refractivity contribution in [3.05, 3.63) is 65.2 Å². The third-order valence-electron chi connectivity index (χ3n) is 4.40. The Hall–Kier alpha value is -2.62. The Morgan fingerprint density at radius 2 is 1.84 bits per heavy atom. The number of aryl methyl sites for hydroxylation is 1. The van der Waals surface area contributed by atoms with E-state index in [0.717, 1.165) is 18.5 Å². The highest BCUT2D eigenvalue weighted by Gasteiger charge is 2.23. The molecule has 1 aliphatic heterocycles. The SMILES string of the molecule is CC(C)CNC(=O)c1cccc(C(=O)N2CCCc3ccccc32)c1. The largest absolute Gasteiger partial charge is 0.352 e. The van der Waals surface area contributed by atoms with E-state index < -0.39 is 0 Å². The molecule has 1 heterocycles. The quantitative estimate of drug-likeness (QED) is 0.926. The molecule has 4 heteroatoms. The molecule has 0 radical (unpaired) electrons. The molecule has 2 aromatic carbocycles. The molecule has 0 saturated carbocycles. The molecule has 0 bridgehead atoms. The van der Waals surface area contributed by atoms with Gasteiger partial charge < -0.3 is 10.2 Å². The third-order valence-corrected chi connectivity index (χ3v) is 4.40. The number of nitrogens with zero attached hydrogens (tertiary/aromatic N) is 1. The maximum absolute atomic E-state index is 13.0. The van der Waals surface area contributed by atoms with Crippen LogP contribution in [0.4, 0.5) is 5.69 Å². The second-order valence-corrected chi connectivity index (χ2v) is 6.87. The summed E-state index contributed by atoms with van der Waals surface area (Å²) in [4.78, 5) is 27.1. The van der Waals surface area contributed by atoms with Crippen molar-refractivity contribution < 1.29 is 9.59 Å². The molecule has 0 atom stereocenters. The first kappa shape index (κ1) is 17.2. The van der Waals surface area contributed by atoms with Gasteiger partial charge in [0.1, 0.15) is 0 Å². The Kier molecular flexibility index (Phi) is 5.17. The minimum Gasteiger partial charge on any atom is -0.352 e. The van der Waals surface area contributed by atoms with Crippen LogP contribution in [0.1, 0.15) is 46.5 Å². The van der Waals surface area contributed by atoms with Gasteiger partial charge in [-0.15, -0.1) is 0 Å². The number of carbonyl (C=O) groups excluding carboxylic acids is 2. The van der Waals surface area contributed by atoms with E-state index in [9.17, 15) is 9.59 Å². The summed E-state index contributed by atoms with van der Waals surface area (Å²) < 4.78 is 0. The van der Waals surface area contributed by atoms with Crippen molar-refractivity contribution in [3.63, 3.8) is 0 Å². The normalized spacial score (nSPS) is 13.5. The molecule has 3 rings (SSSR count). The van der Waals surface area contributed by atoms with E-state index in [1.54, 1.807) is 24.3 Å². The van der Waals surface area contributed by atoms with Gasteiger partial charge in [0.25, 0.3) is 11.8 Å². The van der Waals surface area contributed by atoms with E-state index >= 15 is 0 Å². The lowest BCUT2D eigenvalue weighted by atomic mass is 10.0.